The maximum absolute atomic E-state index is 4.48. The fraction of sp³-hybridized carbons (Fsp3) is 0.167. The normalized spacial score (nSPS) is 10.1. The van der Waals surface area contributed by atoms with E-state index in [1.165, 1.54) is 0 Å². The van der Waals surface area contributed by atoms with Crippen LogP contribution in [0.15, 0.2) is 41.4 Å². The van der Waals surface area contributed by atoms with Crippen molar-refractivity contribution in [1.29, 1.82) is 0 Å². The molecule has 2 rings (SSSR count). The van der Waals surface area contributed by atoms with Gasteiger partial charge < -0.3 is 5.32 Å². The molecule has 1 heterocycles. The number of thioether (sulfide) groups is 1. The number of nitrogens with zero attached hydrogens (tertiary/aromatic N) is 2. The van der Waals surface area contributed by atoms with Crippen LogP contribution in [0.25, 0.3) is 11.4 Å². The summed E-state index contributed by atoms with van der Waals surface area (Å²) in [5.74, 6) is 1.61. The second-order valence-electron chi connectivity index (χ2n) is 3.24. The van der Waals surface area contributed by atoms with Crippen LogP contribution in [-0.2, 0) is 0 Å². The maximum atomic E-state index is 4.48. The third-order valence-corrected chi connectivity index (χ3v) is 2.83. The Kier molecular flexibility index (Phi) is 3.41. The van der Waals surface area contributed by atoms with Crippen molar-refractivity contribution >= 4 is 17.6 Å². The van der Waals surface area contributed by atoms with Crippen LogP contribution in [0, 0.1) is 0 Å². The van der Waals surface area contributed by atoms with E-state index in [0.717, 1.165) is 22.2 Å². The maximum Gasteiger partial charge on any atom is 0.162 e. The molecule has 0 aliphatic carbocycles. The molecule has 0 bridgehead atoms. The molecule has 0 aliphatic rings. The molecular formula is C12H13N3S. The van der Waals surface area contributed by atoms with Crippen molar-refractivity contribution in [3.63, 3.8) is 0 Å². The molecule has 0 saturated carbocycles. The van der Waals surface area contributed by atoms with Crippen molar-refractivity contribution in [2.24, 2.45) is 0 Å². The van der Waals surface area contributed by atoms with Crippen molar-refractivity contribution in [3.05, 3.63) is 36.4 Å². The monoisotopic (exact) mass is 231 g/mol. The van der Waals surface area contributed by atoms with Gasteiger partial charge in [0.1, 0.15) is 10.8 Å². The molecule has 0 fully saturated rings. The van der Waals surface area contributed by atoms with Gasteiger partial charge in [0.05, 0.1) is 0 Å². The van der Waals surface area contributed by atoms with Crippen molar-refractivity contribution in [1.82, 2.24) is 9.97 Å². The van der Waals surface area contributed by atoms with Gasteiger partial charge in [0.25, 0.3) is 0 Å². The minimum absolute atomic E-state index is 0.761. The SMILES string of the molecule is CNc1cc(SC)nc(-c2ccccc2)n1. The lowest BCUT2D eigenvalue weighted by atomic mass is 10.2. The molecule has 0 atom stereocenters. The van der Waals surface area contributed by atoms with Crippen LogP contribution in [0.5, 0.6) is 0 Å². The Morgan fingerprint density at radius 3 is 2.50 bits per heavy atom. The van der Waals surface area contributed by atoms with E-state index in [0.29, 0.717) is 0 Å². The van der Waals surface area contributed by atoms with Crippen molar-refractivity contribution in [2.45, 2.75) is 5.03 Å². The number of benzene rings is 1. The van der Waals surface area contributed by atoms with Crippen LogP contribution in [-0.4, -0.2) is 23.3 Å². The highest BCUT2D eigenvalue weighted by Gasteiger charge is 2.04. The number of hydrogen-bond acceptors (Lipinski definition) is 4. The molecule has 0 radical (unpaired) electrons. The summed E-state index contributed by atoms with van der Waals surface area (Å²) < 4.78 is 0. The Labute approximate surface area is 99.3 Å². The van der Waals surface area contributed by atoms with E-state index in [9.17, 15) is 0 Å². The number of hydrogen-bond donors (Lipinski definition) is 1. The zero-order chi connectivity index (χ0) is 11.4. The van der Waals surface area contributed by atoms with Crippen molar-refractivity contribution in [2.75, 3.05) is 18.6 Å². The lowest BCUT2D eigenvalue weighted by molar-refractivity contribution is 1.06. The van der Waals surface area contributed by atoms with Gasteiger partial charge in [-0.1, -0.05) is 30.3 Å². The molecule has 0 spiro atoms. The summed E-state index contributed by atoms with van der Waals surface area (Å²) in [4.78, 5) is 8.92. The van der Waals surface area contributed by atoms with E-state index >= 15 is 0 Å². The highest BCUT2D eigenvalue weighted by atomic mass is 32.2. The van der Waals surface area contributed by atoms with Crippen LogP contribution in [0.3, 0.4) is 0 Å². The van der Waals surface area contributed by atoms with Gasteiger partial charge >= 0.3 is 0 Å². The first-order valence-corrected chi connectivity index (χ1v) is 6.22. The van der Waals surface area contributed by atoms with Crippen LogP contribution in [0.1, 0.15) is 0 Å². The third kappa shape index (κ3) is 2.33. The molecule has 3 nitrogen and oxygen atoms in total. The van der Waals surface area contributed by atoms with Crippen LogP contribution in [0.4, 0.5) is 5.82 Å². The van der Waals surface area contributed by atoms with E-state index in [1.807, 2.05) is 49.7 Å². The largest absolute Gasteiger partial charge is 0.373 e. The van der Waals surface area contributed by atoms with Crippen LogP contribution in [0.2, 0.25) is 0 Å². The molecule has 82 valence electrons. The number of aromatic nitrogens is 2. The fourth-order valence-corrected chi connectivity index (χ4v) is 1.78. The molecule has 16 heavy (non-hydrogen) atoms. The summed E-state index contributed by atoms with van der Waals surface area (Å²) in [6, 6.07) is 11.9. The first-order chi connectivity index (χ1) is 7.83. The molecule has 0 unspecified atom stereocenters. The molecular weight excluding hydrogens is 218 g/mol. The quantitative estimate of drug-likeness (QED) is 0.651. The summed E-state index contributed by atoms with van der Waals surface area (Å²) >= 11 is 1.62. The van der Waals surface area contributed by atoms with Gasteiger partial charge in [-0.3, -0.25) is 0 Å². The van der Waals surface area contributed by atoms with Crippen LogP contribution >= 0.6 is 11.8 Å². The zero-order valence-electron chi connectivity index (χ0n) is 9.27. The number of nitrogens with one attached hydrogen (secondary N) is 1. The minimum Gasteiger partial charge on any atom is -0.373 e. The lowest BCUT2D eigenvalue weighted by Gasteiger charge is -2.06. The van der Waals surface area contributed by atoms with E-state index < -0.39 is 0 Å². The first-order valence-electron chi connectivity index (χ1n) is 4.99. The predicted octanol–water partition coefficient (Wildman–Crippen LogP) is 2.91. The minimum atomic E-state index is 0.761. The third-order valence-electron chi connectivity index (χ3n) is 2.20. The average molecular weight is 231 g/mol. The highest BCUT2D eigenvalue weighted by molar-refractivity contribution is 7.98. The van der Waals surface area contributed by atoms with Crippen molar-refractivity contribution in [3.8, 4) is 11.4 Å². The molecule has 1 N–H and O–H groups in total. The Bertz CT molecular complexity index is 449. The van der Waals surface area contributed by atoms with Crippen molar-refractivity contribution < 1.29 is 0 Å². The van der Waals surface area contributed by atoms with Gasteiger partial charge in [0.15, 0.2) is 5.82 Å². The topological polar surface area (TPSA) is 37.8 Å². The van der Waals surface area contributed by atoms with Gasteiger partial charge in [-0.25, -0.2) is 9.97 Å². The fourth-order valence-electron chi connectivity index (χ4n) is 1.37. The Morgan fingerprint density at radius 1 is 1.12 bits per heavy atom. The van der Waals surface area contributed by atoms with Gasteiger partial charge in [-0.2, -0.15) is 0 Å². The van der Waals surface area contributed by atoms with Gasteiger partial charge in [0, 0.05) is 18.7 Å². The van der Waals surface area contributed by atoms with Gasteiger partial charge in [-0.15, -0.1) is 11.8 Å². The highest BCUT2D eigenvalue weighted by Crippen LogP contribution is 2.21. The Hall–Kier alpha value is -1.55. The molecule has 0 saturated heterocycles. The Balaban J connectivity index is 2.48. The number of anilines is 1. The van der Waals surface area contributed by atoms with Crippen LogP contribution < -0.4 is 5.32 Å². The summed E-state index contributed by atoms with van der Waals surface area (Å²) in [7, 11) is 1.86. The number of rotatable bonds is 3. The summed E-state index contributed by atoms with van der Waals surface area (Å²) in [6.45, 7) is 0. The van der Waals surface area contributed by atoms with Gasteiger partial charge in [0.2, 0.25) is 0 Å². The molecule has 1 aromatic carbocycles. The second-order valence-corrected chi connectivity index (χ2v) is 4.06. The van der Waals surface area contributed by atoms with E-state index in [-0.39, 0.29) is 0 Å². The average Bonchev–Trinajstić information content (AvgIpc) is 2.39. The first kappa shape index (κ1) is 11.0. The molecule has 0 amide bonds. The smallest absolute Gasteiger partial charge is 0.162 e. The van der Waals surface area contributed by atoms with E-state index in [1.54, 1.807) is 11.8 Å². The molecule has 4 heteroatoms. The summed E-state index contributed by atoms with van der Waals surface area (Å²) in [5, 5.41) is 4.02. The standard InChI is InChI=1S/C12H13N3S/c1-13-10-8-11(16-2)15-12(14-10)9-6-4-3-5-7-9/h3-8H,1-2H3,(H,13,14,15). The lowest BCUT2D eigenvalue weighted by Crippen LogP contribution is -1.97. The molecule has 1 aromatic heterocycles. The summed E-state index contributed by atoms with van der Waals surface area (Å²) in [5.41, 5.74) is 1.04. The zero-order valence-corrected chi connectivity index (χ0v) is 10.1. The Morgan fingerprint density at radius 2 is 1.88 bits per heavy atom. The molecule has 0 aliphatic heterocycles. The molecule has 2 aromatic rings. The van der Waals surface area contributed by atoms with Gasteiger partial charge in [-0.05, 0) is 6.26 Å². The summed E-state index contributed by atoms with van der Waals surface area (Å²) in [6.07, 6.45) is 2.01. The van der Waals surface area contributed by atoms with E-state index in [4.69, 9.17) is 0 Å². The van der Waals surface area contributed by atoms with E-state index in [2.05, 4.69) is 15.3 Å². The predicted molar refractivity (Wildman–Crippen MR) is 68.8 cm³/mol. The second kappa shape index (κ2) is 4.99.